The molecule has 1 atom stereocenters. The summed E-state index contributed by atoms with van der Waals surface area (Å²) < 4.78 is 0. The lowest BCUT2D eigenvalue weighted by atomic mass is 10.2. The molecule has 9 heteroatoms. The van der Waals surface area contributed by atoms with Gasteiger partial charge in [0.25, 0.3) is 0 Å². The summed E-state index contributed by atoms with van der Waals surface area (Å²) >= 11 is 14.8. The average Bonchev–Trinajstić information content (AvgIpc) is 3.51. The molecule has 1 aliphatic rings. The van der Waals surface area contributed by atoms with Gasteiger partial charge in [0.15, 0.2) is 5.13 Å². The van der Waals surface area contributed by atoms with E-state index in [9.17, 15) is 9.59 Å². The summed E-state index contributed by atoms with van der Waals surface area (Å²) in [7, 11) is 0. The van der Waals surface area contributed by atoms with Crippen LogP contribution in [0.3, 0.4) is 0 Å². The Balaban J connectivity index is 1.32. The first-order chi connectivity index (χ1) is 14.9. The van der Waals surface area contributed by atoms with Crippen molar-refractivity contribution in [3.05, 3.63) is 57.9 Å². The van der Waals surface area contributed by atoms with Crippen molar-refractivity contribution in [3.8, 4) is 11.3 Å². The third-order valence-corrected chi connectivity index (χ3v) is 7.31. The van der Waals surface area contributed by atoms with Crippen LogP contribution in [0.1, 0.15) is 19.8 Å². The predicted octanol–water partition coefficient (Wildman–Crippen LogP) is 6.58. The summed E-state index contributed by atoms with van der Waals surface area (Å²) in [5.74, 6) is 0.115. The van der Waals surface area contributed by atoms with Gasteiger partial charge in [-0.15, -0.1) is 23.1 Å². The van der Waals surface area contributed by atoms with Gasteiger partial charge in [-0.25, -0.2) is 4.98 Å². The Kier molecular flexibility index (Phi) is 6.86. The molecule has 1 heterocycles. The maximum atomic E-state index is 12.6. The summed E-state index contributed by atoms with van der Waals surface area (Å²) in [6, 6.07) is 12.8. The highest BCUT2D eigenvalue weighted by molar-refractivity contribution is 8.00. The standard InChI is InChI=1S/C22H19Cl2N3O2S2/c1-12(31-16-7-5-15(6-8-16)25-21(29)13-2-3-13)20(28)27-22-26-19(11-30-22)14-4-9-17(23)18(24)10-14/h4-13H,2-3H2,1H3,(H,25,29)(H,26,27,28). The van der Waals surface area contributed by atoms with Crippen LogP contribution in [0.2, 0.25) is 10.0 Å². The minimum absolute atomic E-state index is 0.0804. The number of hydrogen-bond acceptors (Lipinski definition) is 5. The molecule has 2 N–H and O–H groups in total. The number of hydrogen-bond donors (Lipinski definition) is 2. The first kappa shape index (κ1) is 22.1. The van der Waals surface area contributed by atoms with Gasteiger partial charge >= 0.3 is 0 Å². The van der Waals surface area contributed by atoms with E-state index in [-0.39, 0.29) is 23.0 Å². The van der Waals surface area contributed by atoms with E-state index in [0.29, 0.717) is 15.2 Å². The van der Waals surface area contributed by atoms with E-state index < -0.39 is 0 Å². The Labute approximate surface area is 198 Å². The smallest absolute Gasteiger partial charge is 0.239 e. The SMILES string of the molecule is CC(Sc1ccc(NC(=O)C2CC2)cc1)C(=O)Nc1nc(-c2ccc(Cl)c(Cl)c2)cs1. The number of halogens is 2. The molecule has 0 bridgehead atoms. The molecule has 0 saturated heterocycles. The van der Waals surface area contributed by atoms with Gasteiger partial charge < -0.3 is 10.6 Å². The minimum Gasteiger partial charge on any atom is -0.326 e. The van der Waals surface area contributed by atoms with Crippen LogP contribution in [0.25, 0.3) is 11.3 Å². The molecule has 1 unspecified atom stereocenters. The molecule has 0 aliphatic heterocycles. The quantitative estimate of drug-likeness (QED) is 0.365. The summed E-state index contributed by atoms with van der Waals surface area (Å²) in [4.78, 5) is 29.9. The van der Waals surface area contributed by atoms with Crippen LogP contribution in [-0.4, -0.2) is 22.0 Å². The zero-order valence-electron chi connectivity index (χ0n) is 16.5. The maximum absolute atomic E-state index is 12.6. The molecule has 3 aromatic rings. The number of nitrogens with one attached hydrogen (secondary N) is 2. The molecule has 1 fully saturated rings. The maximum Gasteiger partial charge on any atom is 0.239 e. The van der Waals surface area contributed by atoms with E-state index in [1.54, 1.807) is 12.1 Å². The Morgan fingerprint density at radius 2 is 1.84 bits per heavy atom. The van der Waals surface area contributed by atoms with Crippen LogP contribution in [-0.2, 0) is 9.59 Å². The van der Waals surface area contributed by atoms with Gasteiger partial charge in [-0.2, -0.15) is 0 Å². The van der Waals surface area contributed by atoms with E-state index in [0.717, 1.165) is 34.7 Å². The van der Waals surface area contributed by atoms with Gasteiger partial charge in [-0.3, -0.25) is 9.59 Å². The number of amides is 2. The Morgan fingerprint density at radius 3 is 2.52 bits per heavy atom. The Hall–Kier alpha value is -2.06. The second-order valence-corrected chi connectivity index (χ2v) is 10.3. The van der Waals surface area contributed by atoms with Crippen LogP contribution in [0.15, 0.2) is 52.7 Å². The number of thiazole rings is 1. The van der Waals surface area contributed by atoms with Crippen LogP contribution >= 0.6 is 46.3 Å². The number of carbonyl (C=O) groups excluding carboxylic acids is 2. The number of benzene rings is 2. The summed E-state index contributed by atoms with van der Waals surface area (Å²) in [6.45, 7) is 1.84. The normalized spacial score (nSPS) is 14.2. The van der Waals surface area contributed by atoms with E-state index in [1.807, 2.05) is 42.6 Å². The molecule has 31 heavy (non-hydrogen) atoms. The molecular formula is C22H19Cl2N3O2S2. The van der Waals surface area contributed by atoms with E-state index in [4.69, 9.17) is 23.2 Å². The fraction of sp³-hybridized carbons (Fsp3) is 0.227. The molecule has 2 amide bonds. The topological polar surface area (TPSA) is 71.1 Å². The van der Waals surface area contributed by atoms with Crippen molar-refractivity contribution in [2.75, 3.05) is 10.6 Å². The lowest BCUT2D eigenvalue weighted by molar-refractivity contribution is -0.117. The predicted molar refractivity (Wildman–Crippen MR) is 129 cm³/mol. The molecule has 5 nitrogen and oxygen atoms in total. The third kappa shape index (κ3) is 5.80. The zero-order chi connectivity index (χ0) is 22.0. The molecule has 0 radical (unpaired) electrons. The lowest BCUT2D eigenvalue weighted by Crippen LogP contribution is -2.22. The second kappa shape index (κ2) is 9.61. The highest BCUT2D eigenvalue weighted by Crippen LogP contribution is 2.32. The first-order valence-corrected chi connectivity index (χ1v) is 12.2. The highest BCUT2D eigenvalue weighted by Gasteiger charge is 2.29. The Morgan fingerprint density at radius 1 is 1.10 bits per heavy atom. The number of thioether (sulfide) groups is 1. The van der Waals surface area contributed by atoms with Crippen molar-refractivity contribution < 1.29 is 9.59 Å². The monoisotopic (exact) mass is 491 g/mol. The third-order valence-electron chi connectivity index (χ3n) is 4.70. The van der Waals surface area contributed by atoms with Gasteiger partial charge in [-0.05, 0) is 56.2 Å². The average molecular weight is 492 g/mol. The summed E-state index contributed by atoms with van der Waals surface area (Å²) in [6.07, 6.45) is 1.95. The van der Waals surface area contributed by atoms with Crippen LogP contribution < -0.4 is 10.6 Å². The fourth-order valence-corrected chi connectivity index (χ4v) is 4.68. The van der Waals surface area contributed by atoms with Crippen LogP contribution in [0, 0.1) is 5.92 Å². The highest BCUT2D eigenvalue weighted by atomic mass is 35.5. The van der Waals surface area contributed by atoms with Crippen molar-refractivity contribution in [2.45, 2.75) is 29.9 Å². The van der Waals surface area contributed by atoms with E-state index in [1.165, 1.54) is 23.1 Å². The molecule has 1 aromatic heterocycles. The number of rotatable bonds is 7. The van der Waals surface area contributed by atoms with Crippen LogP contribution in [0.4, 0.5) is 10.8 Å². The largest absolute Gasteiger partial charge is 0.326 e. The van der Waals surface area contributed by atoms with Gasteiger partial charge in [0.2, 0.25) is 11.8 Å². The van der Waals surface area contributed by atoms with Crippen molar-refractivity contribution in [3.63, 3.8) is 0 Å². The van der Waals surface area contributed by atoms with Gasteiger partial charge in [0.05, 0.1) is 21.0 Å². The molecule has 160 valence electrons. The number of aromatic nitrogens is 1. The van der Waals surface area contributed by atoms with Gasteiger partial charge in [0.1, 0.15) is 0 Å². The number of nitrogens with zero attached hydrogens (tertiary/aromatic N) is 1. The van der Waals surface area contributed by atoms with Crippen molar-refractivity contribution in [1.29, 1.82) is 0 Å². The van der Waals surface area contributed by atoms with Crippen molar-refractivity contribution in [2.24, 2.45) is 5.92 Å². The summed E-state index contributed by atoms with van der Waals surface area (Å²) in [5.41, 5.74) is 2.33. The van der Waals surface area contributed by atoms with Crippen molar-refractivity contribution in [1.82, 2.24) is 4.98 Å². The molecule has 2 aromatic carbocycles. The van der Waals surface area contributed by atoms with E-state index >= 15 is 0 Å². The fourth-order valence-electron chi connectivity index (χ4n) is 2.79. The molecule has 4 rings (SSSR count). The lowest BCUT2D eigenvalue weighted by Gasteiger charge is -2.11. The zero-order valence-corrected chi connectivity index (χ0v) is 19.7. The molecular weight excluding hydrogens is 473 g/mol. The minimum atomic E-state index is -0.316. The van der Waals surface area contributed by atoms with Gasteiger partial charge in [0, 0.05) is 27.4 Å². The molecule has 1 saturated carbocycles. The summed E-state index contributed by atoms with van der Waals surface area (Å²) in [5, 5.41) is 8.79. The molecule has 0 spiro atoms. The number of anilines is 2. The first-order valence-electron chi connectivity index (χ1n) is 9.68. The molecule has 1 aliphatic carbocycles. The van der Waals surface area contributed by atoms with E-state index in [2.05, 4.69) is 15.6 Å². The second-order valence-electron chi connectivity index (χ2n) is 7.20. The van der Waals surface area contributed by atoms with Crippen LogP contribution in [0.5, 0.6) is 0 Å². The number of carbonyl (C=O) groups is 2. The van der Waals surface area contributed by atoms with Crippen molar-refractivity contribution >= 4 is 68.9 Å². The van der Waals surface area contributed by atoms with Gasteiger partial charge in [-0.1, -0.05) is 29.3 Å². The Bertz CT molecular complexity index is 1110.